The van der Waals surface area contributed by atoms with Crippen molar-refractivity contribution in [1.82, 2.24) is 15.5 Å². The highest BCUT2D eigenvalue weighted by atomic mass is 35.5. The molecule has 2 N–H and O–H groups in total. The highest BCUT2D eigenvalue weighted by Crippen LogP contribution is 2.09. The molecule has 0 bridgehead atoms. The first-order chi connectivity index (χ1) is 10.2. The summed E-state index contributed by atoms with van der Waals surface area (Å²) in [5.74, 6) is 0. The third kappa shape index (κ3) is 6.61. The number of benzene rings is 1. The van der Waals surface area contributed by atoms with Crippen LogP contribution in [0.15, 0.2) is 24.3 Å². The van der Waals surface area contributed by atoms with Gasteiger partial charge in [-0.3, -0.25) is 4.90 Å². The van der Waals surface area contributed by atoms with Crippen molar-refractivity contribution in [3.63, 3.8) is 0 Å². The molecule has 21 heavy (non-hydrogen) atoms. The molecule has 0 spiro atoms. The fourth-order valence-corrected chi connectivity index (χ4v) is 2.52. The number of halogens is 1. The lowest BCUT2D eigenvalue weighted by Gasteiger charge is -2.26. The van der Waals surface area contributed by atoms with Gasteiger partial charge in [0, 0.05) is 37.7 Å². The van der Waals surface area contributed by atoms with Gasteiger partial charge in [-0.05, 0) is 36.3 Å². The lowest BCUT2D eigenvalue weighted by molar-refractivity contribution is 0.0389. The van der Waals surface area contributed by atoms with Crippen LogP contribution in [0.2, 0.25) is 5.02 Å². The molecule has 1 aliphatic heterocycles. The molecule has 4 nitrogen and oxygen atoms in total. The molecule has 1 saturated heterocycles. The number of ether oxygens (including phenoxy) is 1. The molecule has 0 saturated carbocycles. The fourth-order valence-electron chi connectivity index (χ4n) is 2.19. The maximum atomic E-state index is 5.86. The number of nitrogens with one attached hydrogen (secondary N) is 2. The van der Waals surface area contributed by atoms with Gasteiger partial charge in [-0.2, -0.15) is 0 Å². The van der Waals surface area contributed by atoms with Gasteiger partial charge in [0.15, 0.2) is 5.11 Å². The Hall–Kier alpha value is -0.880. The monoisotopic (exact) mass is 327 g/mol. The zero-order chi connectivity index (χ0) is 14.9. The predicted octanol–water partition coefficient (Wildman–Crippen LogP) is 1.68. The van der Waals surface area contributed by atoms with Crippen LogP contribution in [0.3, 0.4) is 0 Å². The molecule has 1 aromatic carbocycles. The minimum Gasteiger partial charge on any atom is -0.379 e. The zero-order valence-corrected chi connectivity index (χ0v) is 13.7. The molecule has 0 amide bonds. The Kier molecular flexibility index (Phi) is 7.23. The van der Waals surface area contributed by atoms with Gasteiger partial charge in [0.25, 0.3) is 0 Å². The number of nitrogens with zero attached hydrogens (tertiary/aromatic N) is 1. The highest BCUT2D eigenvalue weighted by molar-refractivity contribution is 7.80. The Morgan fingerprint density at radius 3 is 2.52 bits per heavy atom. The van der Waals surface area contributed by atoms with Gasteiger partial charge < -0.3 is 15.4 Å². The van der Waals surface area contributed by atoms with Crippen LogP contribution in [0.1, 0.15) is 5.56 Å². The molecule has 0 aliphatic carbocycles. The van der Waals surface area contributed by atoms with Crippen molar-refractivity contribution in [1.29, 1.82) is 0 Å². The van der Waals surface area contributed by atoms with Gasteiger partial charge in [-0.15, -0.1) is 0 Å². The first-order valence-electron chi connectivity index (χ1n) is 7.30. The van der Waals surface area contributed by atoms with Crippen molar-refractivity contribution in [2.24, 2.45) is 0 Å². The molecule has 0 aromatic heterocycles. The van der Waals surface area contributed by atoms with E-state index in [0.29, 0.717) is 0 Å². The molecule has 0 unspecified atom stereocenters. The molecule has 6 heteroatoms. The molecule has 1 fully saturated rings. The van der Waals surface area contributed by atoms with Gasteiger partial charge >= 0.3 is 0 Å². The maximum absolute atomic E-state index is 5.86. The first-order valence-corrected chi connectivity index (χ1v) is 8.09. The average molecular weight is 328 g/mol. The van der Waals surface area contributed by atoms with Crippen LogP contribution in [-0.4, -0.2) is 55.9 Å². The molecule has 2 rings (SSSR count). The molecule has 0 atom stereocenters. The molecule has 1 aromatic rings. The Balaban J connectivity index is 1.54. The van der Waals surface area contributed by atoms with Crippen LogP contribution in [0, 0.1) is 0 Å². The smallest absolute Gasteiger partial charge is 0.166 e. The summed E-state index contributed by atoms with van der Waals surface area (Å²) in [4.78, 5) is 2.38. The molecule has 0 radical (unpaired) electrons. The minimum atomic E-state index is 0.720. The summed E-state index contributed by atoms with van der Waals surface area (Å²) in [5.41, 5.74) is 1.25. The standard InChI is InChI=1S/C15H22ClN3OS/c16-14-3-1-13(2-4-14)5-6-17-15(21)18-7-8-19-9-11-20-12-10-19/h1-4H,5-12H2,(H2,17,18,21). The van der Waals surface area contributed by atoms with E-state index >= 15 is 0 Å². The van der Waals surface area contributed by atoms with Crippen LogP contribution in [0.4, 0.5) is 0 Å². The van der Waals surface area contributed by atoms with Crippen LogP contribution in [0.5, 0.6) is 0 Å². The van der Waals surface area contributed by atoms with E-state index in [4.69, 9.17) is 28.6 Å². The van der Waals surface area contributed by atoms with Crippen LogP contribution in [0.25, 0.3) is 0 Å². The summed E-state index contributed by atoms with van der Waals surface area (Å²) >= 11 is 11.1. The van der Waals surface area contributed by atoms with Crippen molar-refractivity contribution < 1.29 is 4.74 Å². The molecule has 1 aliphatic rings. The number of hydrogen-bond acceptors (Lipinski definition) is 3. The number of rotatable bonds is 6. The van der Waals surface area contributed by atoms with Crippen molar-refractivity contribution >= 4 is 28.9 Å². The largest absolute Gasteiger partial charge is 0.379 e. The number of hydrogen-bond donors (Lipinski definition) is 2. The summed E-state index contributed by atoms with van der Waals surface area (Å²) in [6, 6.07) is 7.91. The highest BCUT2D eigenvalue weighted by Gasteiger charge is 2.09. The third-order valence-electron chi connectivity index (χ3n) is 3.43. The molecular weight excluding hydrogens is 306 g/mol. The van der Waals surface area contributed by atoms with Gasteiger partial charge in [-0.1, -0.05) is 23.7 Å². The van der Waals surface area contributed by atoms with Crippen LogP contribution < -0.4 is 10.6 Å². The van der Waals surface area contributed by atoms with Gasteiger partial charge in [0.05, 0.1) is 13.2 Å². The second kappa shape index (κ2) is 9.20. The van der Waals surface area contributed by atoms with Gasteiger partial charge in [0.2, 0.25) is 0 Å². The number of morpholine rings is 1. The lowest BCUT2D eigenvalue weighted by Crippen LogP contribution is -2.43. The summed E-state index contributed by atoms with van der Waals surface area (Å²) in [6.07, 6.45) is 0.933. The van der Waals surface area contributed by atoms with Gasteiger partial charge in [-0.25, -0.2) is 0 Å². The van der Waals surface area contributed by atoms with E-state index in [0.717, 1.165) is 62.5 Å². The Bertz CT molecular complexity index is 435. The molecular formula is C15H22ClN3OS. The molecule has 116 valence electrons. The SMILES string of the molecule is S=C(NCCc1ccc(Cl)cc1)NCCN1CCOCC1. The van der Waals surface area contributed by atoms with E-state index in [2.05, 4.69) is 15.5 Å². The van der Waals surface area contributed by atoms with Crippen molar-refractivity contribution in [3.8, 4) is 0 Å². The van der Waals surface area contributed by atoms with Crippen LogP contribution in [-0.2, 0) is 11.2 Å². The van der Waals surface area contributed by atoms with E-state index in [1.165, 1.54) is 5.56 Å². The summed E-state index contributed by atoms with van der Waals surface area (Å²) < 4.78 is 5.32. The van der Waals surface area contributed by atoms with E-state index in [1.54, 1.807) is 0 Å². The lowest BCUT2D eigenvalue weighted by atomic mass is 10.1. The second-order valence-electron chi connectivity index (χ2n) is 5.01. The zero-order valence-electron chi connectivity index (χ0n) is 12.1. The van der Waals surface area contributed by atoms with Gasteiger partial charge in [0.1, 0.15) is 0 Å². The van der Waals surface area contributed by atoms with Crippen molar-refractivity contribution in [3.05, 3.63) is 34.9 Å². The average Bonchev–Trinajstić information content (AvgIpc) is 2.50. The van der Waals surface area contributed by atoms with Crippen molar-refractivity contribution in [2.75, 3.05) is 45.9 Å². The minimum absolute atomic E-state index is 0.720. The van der Waals surface area contributed by atoms with Crippen LogP contribution >= 0.6 is 23.8 Å². The van der Waals surface area contributed by atoms with Crippen molar-refractivity contribution in [2.45, 2.75) is 6.42 Å². The normalized spacial score (nSPS) is 15.7. The topological polar surface area (TPSA) is 36.5 Å². The number of thiocarbonyl (C=S) groups is 1. The third-order valence-corrected chi connectivity index (χ3v) is 3.97. The quantitative estimate of drug-likeness (QED) is 0.778. The van der Waals surface area contributed by atoms with E-state index in [9.17, 15) is 0 Å². The Morgan fingerprint density at radius 2 is 1.81 bits per heavy atom. The summed E-state index contributed by atoms with van der Waals surface area (Å²) in [5, 5.41) is 7.96. The molecule has 1 heterocycles. The fraction of sp³-hybridized carbons (Fsp3) is 0.533. The van der Waals surface area contributed by atoms with E-state index in [1.807, 2.05) is 24.3 Å². The Labute approximate surface area is 136 Å². The van der Waals surface area contributed by atoms with E-state index < -0.39 is 0 Å². The second-order valence-corrected chi connectivity index (χ2v) is 5.86. The van der Waals surface area contributed by atoms with E-state index in [-0.39, 0.29) is 0 Å². The maximum Gasteiger partial charge on any atom is 0.166 e. The summed E-state index contributed by atoms with van der Waals surface area (Å²) in [7, 11) is 0. The first kappa shape index (κ1) is 16.5. The Morgan fingerprint density at radius 1 is 1.14 bits per heavy atom. The summed E-state index contributed by atoms with van der Waals surface area (Å²) in [6.45, 7) is 6.39. The predicted molar refractivity (Wildman–Crippen MR) is 91.0 cm³/mol.